The Bertz CT molecular complexity index is 955. The van der Waals surface area contributed by atoms with Crippen molar-refractivity contribution in [3.05, 3.63) is 48.5 Å². The van der Waals surface area contributed by atoms with E-state index in [0.717, 1.165) is 10.6 Å². The first-order valence-corrected chi connectivity index (χ1v) is 11.2. The number of anilines is 2. The van der Waals surface area contributed by atoms with Crippen LogP contribution in [0, 0.1) is 0 Å². The molecule has 0 spiro atoms. The zero-order valence-electron chi connectivity index (χ0n) is 15.0. The van der Waals surface area contributed by atoms with Gasteiger partial charge in [0, 0.05) is 36.8 Å². The number of piperazine rings is 1. The minimum absolute atomic E-state index is 0.0986. The summed E-state index contributed by atoms with van der Waals surface area (Å²) in [5.41, 5.74) is 1.68. The van der Waals surface area contributed by atoms with Crippen LogP contribution in [0.15, 0.2) is 58.3 Å². The third kappa shape index (κ3) is 3.56. The maximum absolute atomic E-state index is 13.0. The Morgan fingerprint density at radius 3 is 2.44 bits per heavy atom. The fourth-order valence-electron chi connectivity index (χ4n) is 3.32. The number of nitrogens with one attached hydrogen (secondary N) is 1. The summed E-state index contributed by atoms with van der Waals surface area (Å²) in [6.45, 7) is 4.01. The lowest BCUT2D eigenvalue weighted by Crippen LogP contribution is -2.48. The van der Waals surface area contributed by atoms with Crippen LogP contribution >= 0.6 is 11.8 Å². The summed E-state index contributed by atoms with van der Waals surface area (Å²) in [6.07, 6.45) is 0. The van der Waals surface area contributed by atoms with Crippen LogP contribution in [0.25, 0.3) is 0 Å². The fourth-order valence-corrected chi connectivity index (χ4v) is 5.70. The van der Waals surface area contributed by atoms with E-state index in [-0.39, 0.29) is 16.1 Å². The Balaban J connectivity index is 1.51. The van der Waals surface area contributed by atoms with Crippen LogP contribution in [0.5, 0.6) is 0 Å². The molecule has 0 aromatic heterocycles. The highest BCUT2D eigenvalue weighted by Crippen LogP contribution is 2.37. The predicted molar refractivity (Wildman–Crippen MR) is 108 cm³/mol. The third-order valence-electron chi connectivity index (χ3n) is 4.88. The van der Waals surface area contributed by atoms with Crippen LogP contribution in [0.1, 0.15) is 6.92 Å². The zero-order valence-corrected chi connectivity index (χ0v) is 16.6. The number of benzene rings is 2. The van der Waals surface area contributed by atoms with E-state index < -0.39 is 10.0 Å². The molecule has 1 saturated heterocycles. The van der Waals surface area contributed by atoms with Crippen molar-refractivity contribution in [3.63, 3.8) is 0 Å². The lowest BCUT2D eigenvalue weighted by molar-refractivity contribution is -0.115. The van der Waals surface area contributed by atoms with Crippen LogP contribution in [0.4, 0.5) is 11.4 Å². The molecule has 2 aliphatic rings. The van der Waals surface area contributed by atoms with E-state index in [0.29, 0.717) is 31.9 Å². The second-order valence-corrected chi connectivity index (χ2v) is 9.95. The van der Waals surface area contributed by atoms with Gasteiger partial charge in [0.05, 0.1) is 15.8 Å². The Kier molecular flexibility index (Phi) is 4.88. The van der Waals surface area contributed by atoms with Crippen LogP contribution in [0.2, 0.25) is 0 Å². The molecule has 2 aliphatic heterocycles. The molecule has 1 amide bonds. The number of amides is 1. The molecule has 2 heterocycles. The van der Waals surface area contributed by atoms with Crippen LogP contribution < -0.4 is 10.2 Å². The molecule has 2 aromatic rings. The molecule has 0 radical (unpaired) electrons. The molecule has 1 fully saturated rings. The van der Waals surface area contributed by atoms with Crippen molar-refractivity contribution in [2.24, 2.45) is 0 Å². The van der Waals surface area contributed by atoms with Gasteiger partial charge in [0.2, 0.25) is 15.9 Å². The van der Waals surface area contributed by atoms with Gasteiger partial charge >= 0.3 is 0 Å². The molecule has 2 aromatic carbocycles. The van der Waals surface area contributed by atoms with Crippen LogP contribution in [-0.4, -0.2) is 50.1 Å². The summed E-state index contributed by atoms with van der Waals surface area (Å²) < 4.78 is 27.6. The molecule has 6 nitrogen and oxygen atoms in total. The Morgan fingerprint density at radius 1 is 1.04 bits per heavy atom. The van der Waals surface area contributed by atoms with Crippen molar-refractivity contribution in [1.82, 2.24) is 4.31 Å². The summed E-state index contributed by atoms with van der Waals surface area (Å²) in [5.74, 6) is -0.0986. The lowest BCUT2D eigenvalue weighted by atomic mass is 10.2. The van der Waals surface area contributed by atoms with Gasteiger partial charge in [-0.1, -0.05) is 18.2 Å². The van der Waals surface area contributed by atoms with Gasteiger partial charge in [-0.2, -0.15) is 4.31 Å². The molecule has 0 bridgehead atoms. The van der Waals surface area contributed by atoms with Gasteiger partial charge in [0.1, 0.15) is 0 Å². The van der Waals surface area contributed by atoms with Gasteiger partial charge in [-0.3, -0.25) is 4.79 Å². The molecule has 1 N–H and O–H groups in total. The summed E-state index contributed by atoms with van der Waals surface area (Å²) in [6, 6.07) is 15.0. The SMILES string of the molecule is C[C@@H]1Sc2ccc(S(=O)(=O)N3CCN(c4ccccc4)CC3)cc2NC1=O. The van der Waals surface area contributed by atoms with Crippen molar-refractivity contribution >= 4 is 39.1 Å². The number of carbonyl (C=O) groups is 1. The zero-order chi connectivity index (χ0) is 19.0. The van der Waals surface area contributed by atoms with E-state index in [1.54, 1.807) is 18.2 Å². The number of nitrogens with zero attached hydrogens (tertiary/aromatic N) is 2. The van der Waals surface area contributed by atoms with Crippen molar-refractivity contribution in [1.29, 1.82) is 0 Å². The summed E-state index contributed by atoms with van der Waals surface area (Å²) in [4.78, 5) is 15.2. The quantitative estimate of drug-likeness (QED) is 0.853. The average Bonchev–Trinajstić information content (AvgIpc) is 2.69. The standard InChI is InChI=1S/C19H21N3O3S2/c1-14-19(23)20-17-13-16(7-8-18(17)26-14)27(24,25)22-11-9-21(10-12-22)15-5-3-2-4-6-15/h2-8,13-14H,9-12H2,1H3,(H,20,23)/t14-/m0/s1. The lowest BCUT2D eigenvalue weighted by Gasteiger charge is -2.35. The number of fused-ring (bicyclic) bond motifs is 1. The smallest absolute Gasteiger partial charge is 0.243 e. The number of hydrogen-bond donors (Lipinski definition) is 1. The molecule has 142 valence electrons. The highest BCUT2D eigenvalue weighted by atomic mass is 32.2. The average molecular weight is 404 g/mol. The van der Waals surface area contributed by atoms with Crippen molar-refractivity contribution in [2.75, 3.05) is 36.4 Å². The van der Waals surface area contributed by atoms with Gasteiger partial charge < -0.3 is 10.2 Å². The molecule has 0 saturated carbocycles. The number of rotatable bonds is 3. The minimum Gasteiger partial charge on any atom is -0.369 e. The topological polar surface area (TPSA) is 69.7 Å². The van der Waals surface area contributed by atoms with Gasteiger partial charge in [0.25, 0.3) is 0 Å². The van der Waals surface area contributed by atoms with Gasteiger partial charge in [-0.05, 0) is 37.3 Å². The fraction of sp³-hybridized carbons (Fsp3) is 0.316. The molecular formula is C19H21N3O3S2. The number of hydrogen-bond acceptors (Lipinski definition) is 5. The van der Waals surface area contributed by atoms with Crippen molar-refractivity contribution in [3.8, 4) is 0 Å². The second-order valence-electron chi connectivity index (χ2n) is 6.63. The monoisotopic (exact) mass is 403 g/mol. The largest absolute Gasteiger partial charge is 0.369 e. The van der Waals surface area contributed by atoms with Gasteiger partial charge in [0.15, 0.2) is 0 Å². The van der Waals surface area contributed by atoms with Crippen LogP contribution in [-0.2, 0) is 14.8 Å². The number of para-hydroxylation sites is 1. The normalized spacial score (nSPS) is 20.9. The second kappa shape index (κ2) is 7.18. The summed E-state index contributed by atoms with van der Waals surface area (Å²) in [5, 5.41) is 2.63. The van der Waals surface area contributed by atoms with E-state index in [4.69, 9.17) is 0 Å². The molecule has 0 unspecified atom stereocenters. The minimum atomic E-state index is -3.59. The van der Waals surface area contributed by atoms with Gasteiger partial charge in [-0.25, -0.2) is 8.42 Å². The maximum Gasteiger partial charge on any atom is 0.243 e. The molecule has 27 heavy (non-hydrogen) atoms. The third-order valence-corrected chi connectivity index (χ3v) is 7.95. The van der Waals surface area contributed by atoms with E-state index in [2.05, 4.69) is 10.2 Å². The molecule has 4 rings (SSSR count). The Morgan fingerprint density at radius 2 is 1.74 bits per heavy atom. The molecule has 1 atom stereocenters. The van der Waals surface area contributed by atoms with Crippen LogP contribution in [0.3, 0.4) is 0 Å². The number of sulfonamides is 1. The number of thioether (sulfide) groups is 1. The molecule has 8 heteroatoms. The van der Waals surface area contributed by atoms with Crippen molar-refractivity contribution < 1.29 is 13.2 Å². The van der Waals surface area contributed by atoms with Gasteiger partial charge in [-0.15, -0.1) is 11.8 Å². The Labute approximate surface area is 163 Å². The van der Waals surface area contributed by atoms with E-state index in [9.17, 15) is 13.2 Å². The first kappa shape index (κ1) is 18.3. The van der Waals surface area contributed by atoms with E-state index >= 15 is 0 Å². The first-order chi connectivity index (χ1) is 12.9. The molecule has 0 aliphatic carbocycles. The highest BCUT2D eigenvalue weighted by molar-refractivity contribution is 8.01. The van der Waals surface area contributed by atoms with E-state index in [1.165, 1.54) is 16.1 Å². The Hall–Kier alpha value is -2.03. The molecular weight excluding hydrogens is 382 g/mol. The summed E-state index contributed by atoms with van der Waals surface area (Å²) in [7, 11) is -3.59. The van der Waals surface area contributed by atoms with E-state index in [1.807, 2.05) is 37.3 Å². The summed E-state index contributed by atoms with van der Waals surface area (Å²) >= 11 is 1.45. The highest BCUT2D eigenvalue weighted by Gasteiger charge is 2.30. The predicted octanol–water partition coefficient (Wildman–Crippen LogP) is 2.63. The first-order valence-electron chi connectivity index (χ1n) is 8.87. The number of carbonyl (C=O) groups excluding carboxylic acids is 1. The van der Waals surface area contributed by atoms with Crippen molar-refractivity contribution in [2.45, 2.75) is 22.0 Å². The maximum atomic E-state index is 13.0.